The minimum Gasteiger partial charge on any atom is -0.349 e. The minimum atomic E-state index is -0.125. The number of benzene rings is 2. The fraction of sp³-hybridized carbons (Fsp3) is 0.263. The molecule has 1 aliphatic rings. The minimum absolute atomic E-state index is 0.102. The Morgan fingerprint density at radius 2 is 1.92 bits per heavy atom. The maximum Gasteiger partial charge on any atom is 0.251 e. The Kier molecular flexibility index (Phi) is 6.46. The van der Waals surface area contributed by atoms with Crippen LogP contribution in [0, 0.1) is 0 Å². The third-order valence-electron chi connectivity index (χ3n) is 3.83. The van der Waals surface area contributed by atoms with Crippen molar-refractivity contribution in [1.82, 2.24) is 5.32 Å². The first-order chi connectivity index (χ1) is 12.5. The Hall–Kier alpha value is -1.69. The second kappa shape index (κ2) is 8.80. The van der Waals surface area contributed by atoms with Crippen molar-refractivity contribution in [2.75, 3.05) is 11.1 Å². The summed E-state index contributed by atoms with van der Waals surface area (Å²) in [6, 6.07) is 12.6. The van der Waals surface area contributed by atoms with Crippen LogP contribution in [0.25, 0.3) is 0 Å². The number of hydrogen-bond donors (Lipinski definition) is 2. The molecule has 0 radical (unpaired) electrons. The van der Waals surface area contributed by atoms with E-state index in [1.54, 1.807) is 36.4 Å². The van der Waals surface area contributed by atoms with Gasteiger partial charge in [0.1, 0.15) is 0 Å². The summed E-state index contributed by atoms with van der Waals surface area (Å²) in [5.74, 6) is 0.681. The van der Waals surface area contributed by atoms with Crippen molar-refractivity contribution in [3.8, 4) is 0 Å². The van der Waals surface area contributed by atoms with Gasteiger partial charge < -0.3 is 10.6 Å². The average molecular weight is 409 g/mol. The largest absolute Gasteiger partial charge is 0.349 e. The van der Waals surface area contributed by atoms with E-state index in [2.05, 4.69) is 10.6 Å². The molecule has 2 aromatic carbocycles. The van der Waals surface area contributed by atoms with Crippen molar-refractivity contribution in [2.24, 2.45) is 0 Å². The van der Waals surface area contributed by atoms with Crippen molar-refractivity contribution < 1.29 is 9.59 Å². The summed E-state index contributed by atoms with van der Waals surface area (Å²) < 4.78 is 0. The van der Waals surface area contributed by atoms with Crippen molar-refractivity contribution in [2.45, 2.75) is 24.6 Å². The zero-order valence-electron chi connectivity index (χ0n) is 13.9. The van der Waals surface area contributed by atoms with Gasteiger partial charge in [-0.3, -0.25) is 9.59 Å². The highest BCUT2D eigenvalue weighted by Gasteiger charge is 2.23. The lowest BCUT2D eigenvalue weighted by Gasteiger charge is -2.08. The van der Waals surface area contributed by atoms with Crippen LogP contribution >= 0.6 is 35.0 Å². The predicted molar refractivity (Wildman–Crippen MR) is 108 cm³/mol. The van der Waals surface area contributed by atoms with Gasteiger partial charge in [0, 0.05) is 33.1 Å². The summed E-state index contributed by atoms with van der Waals surface area (Å²) in [5, 5.41) is 6.94. The van der Waals surface area contributed by atoms with Gasteiger partial charge >= 0.3 is 0 Å². The highest BCUT2D eigenvalue weighted by atomic mass is 35.5. The molecule has 2 N–H and O–H groups in total. The third-order valence-corrected chi connectivity index (χ3v) is 5.40. The normalized spacial score (nSPS) is 13.3. The molecule has 2 amide bonds. The molecule has 0 atom stereocenters. The molecular formula is C19H18Cl2N2O2S. The smallest absolute Gasteiger partial charge is 0.251 e. The maximum absolute atomic E-state index is 12.1. The molecule has 0 bridgehead atoms. The lowest BCUT2D eigenvalue weighted by atomic mass is 10.2. The molecule has 0 aliphatic heterocycles. The van der Waals surface area contributed by atoms with Gasteiger partial charge in [0.25, 0.3) is 5.91 Å². The topological polar surface area (TPSA) is 58.2 Å². The van der Waals surface area contributed by atoms with E-state index in [4.69, 9.17) is 23.2 Å². The van der Waals surface area contributed by atoms with Crippen molar-refractivity contribution in [1.29, 1.82) is 0 Å². The van der Waals surface area contributed by atoms with E-state index in [9.17, 15) is 9.59 Å². The Labute approximate surface area is 166 Å². The molecule has 3 rings (SSSR count). The van der Waals surface area contributed by atoms with Crippen LogP contribution in [0.1, 0.15) is 28.8 Å². The monoisotopic (exact) mass is 408 g/mol. The van der Waals surface area contributed by atoms with Crippen molar-refractivity contribution in [3.05, 3.63) is 63.6 Å². The second-order valence-electron chi connectivity index (χ2n) is 6.11. The quantitative estimate of drug-likeness (QED) is 0.694. The maximum atomic E-state index is 12.1. The van der Waals surface area contributed by atoms with Crippen LogP contribution in [0.2, 0.25) is 10.0 Å². The van der Waals surface area contributed by atoms with E-state index in [0.29, 0.717) is 33.1 Å². The zero-order chi connectivity index (χ0) is 18.5. The Bertz CT molecular complexity index is 825. The molecule has 4 nitrogen and oxygen atoms in total. The molecular weight excluding hydrogens is 391 g/mol. The molecule has 1 aliphatic carbocycles. The first kappa shape index (κ1) is 19.1. The summed E-state index contributed by atoms with van der Waals surface area (Å²) in [5.41, 5.74) is 2.10. The Morgan fingerprint density at radius 3 is 2.65 bits per heavy atom. The number of carbonyl (C=O) groups is 2. The van der Waals surface area contributed by atoms with Crippen molar-refractivity contribution >= 4 is 52.5 Å². The van der Waals surface area contributed by atoms with Gasteiger partial charge in [-0.15, -0.1) is 11.8 Å². The van der Waals surface area contributed by atoms with E-state index in [1.807, 2.05) is 6.07 Å². The summed E-state index contributed by atoms with van der Waals surface area (Å²) in [6.45, 7) is 0. The zero-order valence-corrected chi connectivity index (χ0v) is 16.3. The number of rotatable bonds is 7. The molecule has 1 saturated carbocycles. The first-order valence-corrected chi connectivity index (χ1v) is 10.1. The van der Waals surface area contributed by atoms with E-state index in [1.165, 1.54) is 11.8 Å². The summed E-state index contributed by atoms with van der Waals surface area (Å²) in [4.78, 5) is 24.2. The van der Waals surface area contributed by atoms with Crippen LogP contribution in [0.3, 0.4) is 0 Å². The number of carbonyl (C=O) groups excluding carboxylic acids is 2. The van der Waals surface area contributed by atoms with Crippen molar-refractivity contribution in [3.63, 3.8) is 0 Å². The molecule has 1 fully saturated rings. The van der Waals surface area contributed by atoms with Crippen LogP contribution in [-0.2, 0) is 10.5 Å². The van der Waals surface area contributed by atoms with Gasteiger partial charge in [0.15, 0.2) is 0 Å². The third kappa shape index (κ3) is 5.66. The highest BCUT2D eigenvalue weighted by molar-refractivity contribution is 7.99. The first-order valence-electron chi connectivity index (χ1n) is 8.24. The van der Waals surface area contributed by atoms with Gasteiger partial charge in [0.2, 0.25) is 5.91 Å². The van der Waals surface area contributed by atoms with Crippen LogP contribution in [0.4, 0.5) is 5.69 Å². The van der Waals surface area contributed by atoms with E-state index in [-0.39, 0.29) is 17.6 Å². The predicted octanol–water partition coefficient (Wildman–Crippen LogP) is 4.76. The molecule has 2 aromatic rings. The summed E-state index contributed by atoms with van der Waals surface area (Å²) >= 11 is 13.5. The van der Waals surface area contributed by atoms with Gasteiger partial charge in [-0.2, -0.15) is 0 Å². The van der Waals surface area contributed by atoms with Crippen LogP contribution in [0.15, 0.2) is 42.5 Å². The second-order valence-corrected chi connectivity index (χ2v) is 7.93. The molecule has 0 aromatic heterocycles. The fourth-order valence-corrected chi connectivity index (χ4v) is 3.71. The molecule has 0 spiro atoms. The summed E-state index contributed by atoms with van der Waals surface area (Å²) in [6.07, 6.45) is 2.08. The number of thioether (sulfide) groups is 1. The van der Waals surface area contributed by atoms with E-state index < -0.39 is 0 Å². The lowest BCUT2D eigenvalue weighted by molar-refractivity contribution is -0.113. The number of nitrogens with one attached hydrogen (secondary N) is 2. The number of amides is 2. The molecule has 0 saturated heterocycles. The average Bonchev–Trinajstić information content (AvgIpc) is 3.41. The molecule has 26 heavy (non-hydrogen) atoms. The fourth-order valence-electron chi connectivity index (χ4n) is 2.32. The number of anilines is 1. The number of halogens is 2. The van der Waals surface area contributed by atoms with Gasteiger partial charge in [-0.05, 0) is 48.7 Å². The van der Waals surface area contributed by atoms with Crippen LogP contribution in [0.5, 0.6) is 0 Å². The standard InChI is InChI=1S/C19H18Cl2N2O2S/c20-14-5-4-13(17(21)9-14)10-26-11-18(24)22-16-3-1-2-12(8-16)19(25)23-15-6-7-15/h1-5,8-9,15H,6-7,10-11H2,(H,22,24)(H,23,25). The molecule has 136 valence electrons. The lowest BCUT2D eigenvalue weighted by Crippen LogP contribution is -2.25. The van der Waals surface area contributed by atoms with E-state index >= 15 is 0 Å². The van der Waals surface area contributed by atoms with E-state index in [0.717, 1.165) is 18.4 Å². The Morgan fingerprint density at radius 1 is 1.12 bits per heavy atom. The Balaban J connectivity index is 1.49. The molecule has 7 heteroatoms. The summed E-state index contributed by atoms with van der Waals surface area (Å²) in [7, 11) is 0. The highest BCUT2D eigenvalue weighted by Crippen LogP contribution is 2.25. The SMILES string of the molecule is O=C(CSCc1ccc(Cl)cc1Cl)Nc1cccc(C(=O)NC2CC2)c1. The number of hydrogen-bond acceptors (Lipinski definition) is 3. The van der Waals surface area contributed by atoms with Gasteiger partial charge in [-0.1, -0.05) is 35.3 Å². The van der Waals surface area contributed by atoms with Crippen LogP contribution < -0.4 is 10.6 Å². The van der Waals surface area contributed by atoms with Gasteiger partial charge in [-0.25, -0.2) is 0 Å². The van der Waals surface area contributed by atoms with Gasteiger partial charge in [0.05, 0.1) is 5.75 Å². The molecule has 0 unspecified atom stereocenters. The van der Waals surface area contributed by atoms with Crippen LogP contribution in [-0.4, -0.2) is 23.6 Å². The molecule has 0 heterocycles.